The molecular weight excluding hydrogens is 253 g/mol. The predicted molar refractivity (Wildman–Crippen MR) is 53.5 cm³/mol. The van der Waals surface area contributed by atoms with Crippen LogP contribution in [0.1, 0.15) is 11.4 Å². The maximum Gasteiger partial charge on any atom is 0.433 e. The van der Waals surface area contributed by atoms with E-state index >= 15 is 0 Å². The van der Waals surface area contributed by atoms with Gasteiger partial charge in [0.05, 0.1) is 0 Å². The monoisotopic (exact) mass is 260 g/mol. The molecular formula is C9H7F3N4O2. The van der Waals surface area contributed by atoms with Crippen molar-refractivity contribution in [2.45, 2.75) is 12.5 Å². The number of rotatable bonds is 1. The third kappa shape index (κ3) is 2.56. The van der Waals surface area contributed by atoms with Crippen LogP contribution < -0.4 is 10.6 Å². The number of alkyl halides is 3. The van der Waals surface area contributed by atoms with E-state index in [0.29, 0.717) is 0 Å². The highest BCUT2D eigenvalue weighted by Gasteiger charge is 2.33. The van der Waals surface area contributed by atoms with E-state index in [-0.39, 0.29) is 11.5 Å². The average molecular weight is 260 g/mol. The molecule has 1 atom stereocenters. The number of hydrogen-bond donors (Lipinski definition) is 3. The first kappa shape index (κ1) is 12.3. The second kappa shape index (κ2) is 4.26. The number of carbonyl (C=O) groups is 1. The fraction of sp³-hybridized carbons (Fsp3) is 0.222. The number of amidine groups is 1. The molecule has 18 heavy (non-hydrogen) atoms. The summed E-state index contributed by atoms with van der Waals surface area (Å²) in [5, 5.41) is 13.4. The van der Waals surface area contributed by atoms with Crippen LogP contribution in [0.4, 0.5) is 18.0 Å². The van der Waals surface area contributed by atoms with E-state index in [0.717, 1.165) is 12.1 Å². The number of hydrogen-bond acceptors (Lipinski definition) is 4. The zero-order chi connectivity index (χ0) is 13.3. The Hall–Kier alpha value is -2.16. The van der Waals surface area contributed by atoms with E-state index in [9.17, 15) is 18.0 Å². The lowest BCUT2D eigenvalue weighted by Crippen LogP contribution is -2.52. The van der Waals surface area contributed by atoms with Gasteiger partial charge in [0.25, 0.3) is 0 Å². The molecule has 1 aromatic rings. The maximum atomic E-state index is 12.4. The number of carbonyl (C=O) groups excluding carboxylic acids is 1. The number of nitrogens with zero attached hydrogens (tertiary/aromatic N) is 2. The van der Waals surface area contributed by atoms with Crippen LogP contribution in [0.5, 0.6) is 0 Å². The van der Waals surface area contributed by atoms with Crippen molar-refractivity contribution in [3.8, 4) is 0 Å². The number of pyridine rings is 1. The van der Waals surface area contributed by atoms with Crippen LogP contribution in [-0.2, 0) is 6.18 Å². The van der Waals surface area contributed by atoms with E-state index in [1.165, 1.54) is 6.07 Å². The first-order chi connectivity index (χ1) is 8.36. The van der Waals surface area contributed by atoms with Crippen molar-refractivity contribution < 1.29 is 23.1 Å². The molecule has 96 valence electrons. The van der Waals surface area contributed by atoms with Gasteiger partial charge in [-0.1, -0.05) is 6.07 Å². The predicted octanol–water partition coefficient (Wildman–Crippen LogP) is 0.436. The zero-order valence-electron chi connectivity index (χ0n) is 8.69. The Balaban J connectivity index is 2.37. The topological polar surface area (TPSA) is 86.6 Å². The molecule has 1 unspecified atom stereocenters. The number of halogens is 3. The van der Waals surface area contributed by atoms with Crippen LogP contribution in [0.25, 0.3) is 0 Å². The molecule has 0 radical (unpaired) electrons. The van der Waals surface area contributed by atoms with Crippen molar-refractivity contribution in [2.75, 3.05) is 0 Å². The van der Waals surface area contributed by atoms with Crippen molar-refractivity contribution in [1.29, 1.82) is 0 Å². The summed E-state index contributed by atoms with van der Waals surface area (Å²) in [6.07, 6.45) is -6.01. The smallest absolute Gasteiger partial charge is 0.356 e. The summed E-state index contributed by atoms with van der Waals surface area (Å²) in [5.41, 5.74) is -1.29. The molecule has 1 aliphatic heterocycles. The molecule has 3 N–H and O–H groups in total. The Kier molecular flexibility index (Phi) is 2.91. The van der Waals surface area contributed by atoms with Gasteiger partial charge in [0.1, 0.15) is 11.4 Å². The minimum Gasteiger partial charge on any atom is -0.356 e. The van der Waals surface area contributed by atoms with Crippen LogP contribution in [0.3, 0.4) is 0 Å². The zero-order valence-corrected chi connectivity index (χ0v) is 8.69. The highest BCUT2D eigenvalue weighted by Crippen LogP contribution is 2.27. The van der Waals surface area contributed by atoms with Crippen molar-refractivity contribution in [3.63, 3.8) is 0 Å². The van der Waals surface area contributed by atoms with Crippen LogP contribution in [0, 0.1) is 0 Å². The lowest BCUT2D eigenvalue weighted by atomic mass is 10.2. The Labute approximate surface area is 98.6 Å². The summed E-state index contributed by atoms with van der Waals surface area (Å²) < 4.78 is 37.3. The van der Waals surface area contributed by atoms with Gasteiger partial charge >= 0.3 is 12.2 Å². The number of amides is 2. The van der Waals surface area contributed by atoms with Gasteiger partial charge in [0, 0.05) is 0 Å². The molecule has 0 spiro atoms. The molecule has 0 aromatic carbocycles. The number of aliphatic hydroxyl groups is 1. The second-order valence-corrected chi connectivity index (χ2v) is 3.36. The lowest BCUT2D eigenvalue weighted by molar-refractivity contribution is -0.141. The number of urea groups is 1. The molecule has 2 amide bonds. The van der Waals surface area contributed by atoms with Crippen LogP contribution in [-0.4, -0.2) is 28.3 Å². The van der Waals surface area contributed by atoms with E-state index in [4.69, 9.17) is 5.11 Å². The van der Waals surface area contributed by atoms with Gasteiger partial charge < -0.3 is 10.4 Å². The molecule has 2 heterocycles. The minimum absolute atomic E-state index is 0.182. The fourth-order valence-corrected chi connectivity index (χ4v) is 1.30. The van der Waals surface area contributed by atoms with Gasteiger partial charge in [-0.15, -0.1) is 0 Å². The standard InChI is InChI=1S/C9H7F3N4O2/c10-9(11,12)5-3-1-2-4(13-5)6-14-7(17)16-8(18)15-6/h1-3,7,17H,(H2,14,15,16,18). The molecule has 0 aliphatic carbocycles. The van der Waals surface area contributed by atoms with Crippen LogP contribution in [0.15, 0.2) is 23.2 Å². The highest BCUT2D eigenvalue weighted by molar-refractivity contribution is 6.05. The number of aliphatic imine (C=N–C) groups is 1. The number of aromatic nitrogens is 1. The molecule has 0 saturated heterocycles. The van der Waals surface area contributed by atoms with Gasteiger partial charge in [0.15, 0.2) is 5.84 Å². The van der Waals surface area contributed by atoms with Gasteiger partial charge in [-0.25, -0.2) is 9.78 Å². The summed E-state index contributed by atoms with van der Waals surface area (Å²) in [6, 6.07) is 2.31. The Morgan fingerprint density at radius 2 is 2.00 bits per heavy atom. The highest BCUT2D eigenvalue weighted by atomic mass is 19.4. The normalized spacial score (nSPS) is 19.9. The third-order valence-corrected chi connectivity index (χ3v) is 2.03. The quantitative estimate of drug-likeness (QED) is 0.683. The summed E-state index contributed by atoms with van der Waals surface area (Å²) in [6.45, 7) is 0. The summed E-state index contributed by atoms with van der Waals surface area (Å²) in [4.78, 5) is 17.7. The van der Waals surface area contributed by atoms with Crippen molar-refractivity contribution in [3.05, 3.63) is 29.6 Å². The number of nitrogens with one attached hydrogen (secondary N) is 2. The van der Waals surface area contributed by atoms with Crippen LogP contribution in [0.2, 0.25) is 0 Å². The first-order valence-corrected chi connectivity index (χ1v) is 4.75. The largest absolute Gasteiger partial charge is 0.433 e. The van der Waals surface area contributed by atoms with E-state index in [1.54, 1.807) is 0 Å². The van der Waals surface area contributed by atoms with Gasteiger partial charge in [-0.05, 0) is 12.1 Å². The van der Waals surface area contributed by atoms with Gasteiger partial charge in [-0.3, -0.25) is 5.32 Å². The molecule has 1 aliphatic rings. The summed E-state index contributed by atoms with van der Waals surface area (Å²) in [5.74, 6) is -0.225. The second-order valence-electron chi connectivity index (χ2n) is 3.36. The molecule has 9 heteroatoms. The fourth-order valence-electron chi connectivity index (χ4n) is 1.30. The Morgan fingerprint density at radius 1 is 1.28 bits per heavy atom. The Bertz CT molecular complexity index is 515. The average Bonchev–Trinajstić information content (AvgIpc) is 2.27. The molecule has 6 nitrogen and oxygen atoms in total. The third-order valence-electron chi connectivity index (χ3n) is 2.03. The number of aliphatic hydroxyl groups excluding tert-OH is 1. The van der Waals surface area contributed by atoms with Gasteiger partial charge in [0.2, 0.25) is 6.35 Å². The maximum absolute atomic E-state index is 12.4. The first-order valence-electron chi connectivity index (χ1n) is 4.75. The SMILES string of the molecule is O=C1N=C(c2cccc(C(F)(F)F)n2)NC(O)N1. The molecule has 0 fully saturated rings. The van der Waals surface area contributed by atoms with Crippen LogP contribution >= 0.6 is 0 Å². The molecule has 2 rings (SSSR count). The van der Waals surface area contributed by atoms with Crippen molar-refractivity contribution >= 4 is 11.9 Å². The molecule has 0 bridgehead atoms. The minimum atomic E-state index is -4.59. The summed E-state index contributed by atoms with van der Waals surface area (Å²) >= 11 is 0. The molecule has 0 saturated carbocycles. The van der Waals surface area contributed by atoms with Crippen molar-refractivity contribution in [1.82, 2.24) is 15.6 Å². The van der Waals surface area contributed by atoms with E-state index < -0.39 is 24.3 Å². The Morgan fingerprint density at radius 3 is 2.61 bits per heavy atom. The van der Waals surface area contributed by atoms with E-state index in [2.05, 4.69) is 15.3 Å². The lowest BCUT2D eigenvalue weighted by Gasteiger charge is -2.20. The molecule has 1 aromatic heterocycles. The summed E-state index contributed by atoms with van der Waals surface area (Å²) in [7, 11) is 0. The van der Waals surface area contributed by atoms with Crippen molar-refractivity contribution in [2.24, 2.45) is 4.99 Å². The van der Waals surface area contributed by atoms with E-state index in [1.807, 2.05) is 5.32 Å². The van der Waals surface area contributed by atoms with Gasteiger partial charge in [-0.2, -0.15) is 18.2 Å².